The smallest absolute Gasteiger partial charge is 0.325 e. The first-order valence-electron chi connectivity index (χ1n) is 7.65. The number of rotatable bonds is 3. The fraction of sp³-hybridized carbons (Fsp3) is 0.467. The Bertz CT molecular complexity index is 643. The van der Waals surface area contributed by atoms with Crippen LogP contribution in [0.4, 0.5) is 16.2 Å². The van der Waals surface area contributed by atoms with Crippen molar-refractivity contribution < 1.29 is 9.59 Å². The lowest BCUT2D eigenvalue weighted by atomic mass is 9.87. The number of nitrogen functional groups attached to an aromatic ring is 1. The standard InChI is InChI=1S/C15H20ClN5O2/c1-2-21-13(22)15(18-14(21)23)3-5-20(6-4-15)12-8-10(16)7-11(9-12)19-17/h7-9,19H,2-6,17H2,1H3,(H,18,23). The highest BCUT2D eigenvalue weighted by Crippen LogP contribution is 2.33. The Labute approximate surface area is 139 Å². The second kappa shape index (κ2) is 5.90. The molecule has 2 aliphatic rings. The Morgan fingerprint density at radius 2 is 2.00 bits per heavy atom. The van der Waals surface area contributed by atoms with Gasteiger partial charge in [-0.2, -0.15) is 0 Å². The van der Waals surface area contributed by atoms with Crippen molar-refractivity contribution in [2.45, 2.75) is 25.3 Å². The van der Waals surface area contributed by atoms with Crippen molar-refractivity contribution in [1.82, 2.24) is 10.2 Å². The Kier molecular flexibility index (Phi) is 4.08. The summed E-state index contributed by atoms with van der Waals surface area (Å²) >= 11 is 6.11. The van der Waals surface area contributed by atoms with Crippen LogP contribution < -0.4 is 21.5 Å². The van der Waals surface area contributed by atoms with Crippen LogP contribution in [0.25, 0.3) is 0 Å². The van der Waals surface area contributed by atoms with Gasteiger partial charge in [-0.25, -0.2) is 4.79 Å². The number of piperidine rings is 1. The molecule has 23 heavy (non-hydrogen) atoms. The molecule has 0 bridgehead atoms. The zero-order valence-electron chi connectivity index (χ0n) is 12.9. The van der Waals surface area contributed by atoms with E-state index in [0.717, 1.165) is 11.4 Å². The summed E-state index contributed by atoms with van der Waals surface area (Å²) in [6, 6.07) is 5.24. The lowest BCUT2D eigenvalue weighted by Gasteiger charge is -2.38. The van der Waals surface area contributed by atoms with E-state index < -0.39 is 5.54 Å². The molecular formula is C15H20ClN5O2. The predicted octanol–water partition coefficient (Wildman–Crippen LogP) is 1.54. The third kappa shape index (κ3) is 2.70. The van der Waals surface area contributed by atoms with Gasteiger partial charge in [0.15, 0.2) is 0 Å². The number of hydrogen-bond acceptors (Lipinski definition) is 5. The number of nitrogens with two attached hydrogens (primary N) is 1. The van der Waals surface area contributed by atoms with Crippen LogP contribution in [-0.4, -0.2) is 42.0 Å². The fourth-order valence-electron chi connectivity index (χ4n) is 3.29. The quantitative estimate of drug-likeness (QED) is 0.442. The summed E-state index contributed by atoms with van der Waals surface area (Å²) in [5.74, 6) is 5.34. The summed E-state index contributed by atoms with van der Waals surface area (Å²) in [5.41, 5.74) is 3.52. The highest BCUT2D eigenvalue weighted by Gasteiger charge is 2.51. The lowest BCUT2D eigenvalue weighted by Crippen LogP contribution is -2.55. The van der Waals surface area contributed by atoms with Gasteiger partial charge in [-0.15, -0.1) is 0 Å². The van der Waals surface area contributed by atoms with Crippen molar-refractivity contribution in [3.8, 4) is 0 Å². The first-order valence-corrected chi connectivity index (χ1v) is 8.03. The largest absolute Gasteiger partial charge is 0.371 e. The van der Waals surface area contributed by atoms with Gasteiger partial charge in [-0.3, -0.25) is 15.5 Å². The molecule has 2 fully saturated rings. The molecule has 0 aromatic heterocycles. The monoisotopic (exact) mass is 337 g/mol. The molecule has 0 aliphatic carbocycles. The van der Waals surface area contributed by atoms with Gasteiger partial charge >= 0.3 is 6.03 Å². The molecule has 8 heteroatoms. The van der Waals surface area contributed by atoms with E-state index in [0.29, 0.717) is 37.5 Å². The molecule has 7 nitrogen and oxygen atoms in total. The molecule has 2 aliphatic heterocycles. The van der Waals surface area contributed by atoms with Crippen LogP contribution in [0.2, 0.25) is 5.02 Å². The fourth-order valence-corrected chi connectivity index (χ4v) is 3.52. The van der Waals surface area contributed by atoms with Crippen LogP contribution in [0.1, 0.15) is 19.8 Å². The number of hydrazine groups is 1. The Hall–Kier alpha value is -1.99. The van der Waals surface area contributed by atoms with E-state index in [9.17, 15) is 9.59 Å². The third-order valence-electron chi connectivity index (χ3n) is 4.59. The van der Waals surface area contributed by atoms with Crippen molar-refractivity contribution in [2.75, 3.05) is 30.0 Å². The zero-order chi connectivity index (χ0) is 16.6. The average molecular weight is 338 g/mol. The van der Waals surface area contributed by atoms with Gasteiger partial charge in [-0.05, 0) is 38.0 Å². The Morgan fingerprint density at radius 1 is 1.30 bits per heavy atom. The Morgan fingerprint density at radius 3 is 2.57 bits per heavy atom. The minimum Gasteiger partial charge on any atom is -0.371 e. The van der Waals surface area contributed by atoms with E-state index in [1.807, 2.05) is 12.1 Å². The topological polar surface area (TPSA) is 90.7 Å². The van der Waals surface area contributed by atoms with Crippen LogP contribution in [-0.2, 0) is 4.79 Å². The minimum atomic E-state index is -0.753. The molecule has 0 atom stereocenters. The number of anilines is 2. The van der Waals surface area contributed by atoms with E-state index in [1.54, 1.807) is 13.0 Å². The number of halogens is 1. The van der Waals surface area contributed by atoms with Crippen molar-refractivity contribution in [3.63, 3.8) is 0 Å². The molecule has 0 saturated carbocycles. The van der Waals surface area contributed by atoms with Crippen molar-refractivity contribution in [3.05, 3.63) is 23.2 Å². The van der Waals surface area contributed by atoms with E-state index in [2.05, 4.69) is 15.6 Å². The summed E-state index contributed by atoms with van der Waals surface area (Å²) in [6.07, 6.45) is 1.15. The molecule has 0 radical (unpaired) electrons. The molecule has 2 heterocycles. The molecule has 3 amide bonds. The second-order valence-electron chi connectivity index (χ2n) is 5.89. The lowest BCUT2D eigenvalue weighted by molar-refractivity contribution is -0.131. The van der Waals surface area contributed by atoms with E-state index in [4.69, 9.17) is 17.4 Å². The molecular weight excluding hydrogens is 318 g/mol. The maximum Gasteiger partial charge on any atom is 0.325 e. The SMILES string of the molecule is CCN1C(=O)NC2(CCN(c3cc(Cl)cc(NN)c3)CC2)C1=O. The number of amides is 3. The van der Waals surface area contributed by atoms with E-state index in [-0.39, 0.29) is 11.9 Å². The number of nitrogens with one attached hydrogen (secondary N) is 2. The number of nitrogens with zero attached hydrogens (tertiary/aromatic N) is 2. The summed E-state index contributed by atoms with van der Waals surface area (Å²) in [6.45, 7) is 3.52. The molecule has 0 unspecified atom stereocenters. The summed E-state index contributed by atoms with van der Waals surface area (Å²) in [5, 5.41) is 3.47. The molecule has 124 valence electrons. The molecule has 2 saturated heterocycles. The van der Waals surface area contributed by atoms with Crippen molar-refractivity contribution >= 4 is 34.9 Å². The maximum absolute atomic E-state index is 12.5. The number of urea groups is 1. The molecule has 1 aromatic carbocycles. The molecule has 1 spiro atoms. The van der Waals surface area contributed by atoms with Crippen LogP contribution >= 0.6 is 11.6 Å². The molecule has 3 rings (SSSR count). The van der Waals surface area contributed by atoms with Gasteiger partial charge in [0.1, 0.15) is 5.54 Å². The number of hydrogen-bond donors (Lipinski definition) is 3. The highest BCUT2D eigenvalue weighted by molar-refractivity contribution is 6.31. The van der Waals surface area contributed by atoms with Crippen molar-refractivity contribution in [2.24, 2.45) is 5.84 Å². The highest BCUT2D eigenvalue weighted by atomic mass is 35.5. The van der Waals surface area contributed by atoms with Gasteiger partial charge in [0.2, 0.25) is 0 Å². The average Bonchev–Trinajstić information content (AvgIpc) is 2.77. The minimum absolute atomic E-state index is 0.111. The van der Waals surface area contributed by atoms with Gasteiger partial charge in [0.25, 0.3) is 5.91 Å². The Balaban J connectivity index is 1.75. The van der Waals surface area contributed by atoms with E-state index >= 15 is 0 Å². The number of carbonyl (C=O) groups is 2. The maximum atomic E-state index is 12.5. The summed E-state index contributed by atoms with van der Waals surface area (Å²) in [4.78, 5) is 27.8. The first-order chi connectivity index (χ1) is 11.0. The van der Waals surface area contributed by atoms with Crippen molar-refractivity contribution in [1.29, 1.82) is 0 Å². The predicted molar refractivity (Wildman–Crippen MR) is 89.4 cm³/mol. The van der Waals surface area contributed by atoms with Gasteiger partial charge in [0, 0.05) is 30.3 Å². The summed E-state index contributed by atoms with van der Waals surface area (Å²) < 4.78 is 0. The van der Waals surface area contributed by atoms with Crippen LogP contribution in [0.5, 0.6) is 0 Å². The number of benzene rings is 1. The van der Waals surface area contributed by atoms with Gasteiger partial charge < -0.3 is 15.6 Å². The van der Waals surface area contributed by atoms with Gasteiger partial charge in [0.05, 0.1) is 5.69 Å². The van der Waals surface area contributed by atoms with Crippen LogP contribution in [0.15, 0.2) is 18.2 Å². The molecule has 1 aromatic rings. The first kappa shape index (κ1) is 15.9. The second-order valence-corrected chi connectivity index (χ2v) is 6.33. The number of carbonyl (C=O) groups excluding carboxylic acids is 2. The van der Waals surface area contributed by atoms with Gasteiger partial charge in [-0.1, -0.05) is 11.6 Å². The number of likely N-dealkylation sites (N-methyl/N-ethyl adjacent to an activating group) is 1. The third-order valence-corrected chi connectivity index (χ3v) is 4.81. The molecule has 4 N–H and O–H groups in total. The summed E-state index contributed by atoms with van der Waals surface area (Å²) in [7, 11) is 0. The number of imide groups is 1. The van der Waals surface area contributed by atoms with Crippen LogP contribution in [0.3, 0.4) is 0 Å². The van der Waals surface area contributed by atoms with Crippen LogP contribution in [0, 0.1) is 0 Å². The van der Waals surface area contributed by atoms with E-state index in [1.165, 1.54) is 4.90 Å². The zero-order valence-corrected chi connectivity index (χ0v) is 13.7. The normalized spacial score (nSPS) is 20.1.